The third kappa shape index (κ3) is 4.79. The first-order chi connectivity index (χ1) is 14.7. The van der Waals surface area contributed by atoms with Crippen molar-refractivity contribution in [1.29, 1.82) is 0 Å². The predicted molar refractivity (Wildman–Crippen MR) is 117 cm³/mol. The third-order valence-corrected chi connectivity index (χ3v) is 4.93. The zero-order chi connectivity index (χ0) is 20.8. The normalized spacial score (nSPS) is 11.5. The maximum atomic E-state index is 12.2. The molecule has 0 saturated heterocycles. The van der Waals surface area contributed by atoms with Crippen LogP contribution in [0.1, 0.15) is 28.9 Å². The molecule has 0 bridgehead atoms. The number of rotatable bonds is 7. The van der Waals surface area contributed by atoms with E-state index >= 15 is 0 Å². The highest BCUT2D eigenvalue weighted by molar-refractivity contribution is 7.13. The molecular formula is C22H19N5O2S. The van der Waals surface area contributed by atoms with E-state index in [2.05, 4.69) is 25.8 Å². The molecule has 30 heavy (non-hydrogen) atoms. The zero-order valence-corrected chi connectivity index (χ0v) is 17.0. The summed E-state index contributed by atoms with van der Waals surface area (Å²) in [6.45, 7) is 2.03. The van der Waals surface area contributed by atoms with Gasteiger partial charge in [0.05, 0.1) is 11.6 Å². The second kappa shape index (κ2) is 9.15. The van der Waals surface area contributed by atoms with Gasteiger partial charge in [-0.2, -0.15) is 0 Å². The monoisotopic (exact) mass is 417 g/mol. The number of benzene rings is 2. The van der Waals surface area contributed by atoms with Gasteiger partial charge >= 0.3 is 0 Å². The molecule has 0 radical (unpaired) electrons. The number of hydrogen-bond donors (Lipinski definition) is 2. The number of ether oxygens (including phenoxy) is 1. The molecule has 0 fully saturated rings. The zero-order valence-electron chi connectivity index (χ0n) is 16.1. The van der Waals surface area contributed by atoms with Crippen LogP contribution in [0.4, 0.5) is 10.9 Å². The standard InChI is InChI=1S/C22H19N5O2S/c1-15(18-9-5-6-10-19(18)29-17-7-3-2-4-8-17)25-20-12-11-16(13-23-20)21(28)26-22-27-24-14-30-22/h2-15H,1H3,(H,23,25)(H,26,27,28). The summed E-state index contributed by atoms with van der Waals surface area (Å²) in [4.78, 5) is 16.6. The van der Waals surface area contributed by atoms with Crippen molar-refractivity contribution in [2.75, 3.05) is 10.6 Å². The third-order valence-electron chi connectivity index (χ3n) is 4.33. The van der Waals surface area contributed by atoms with Crippen LogP contribution in [0.2, 0.25) is 0 Å². The van der Waals surface area contributed by atoms with Gasteiger partial charge in [0, 0.05) is 11.8 Å². The van der Waals surface area contributed by atoms with E-state index in [0.29, 0.717) is 16.5 Å². The van der Waals surface area contributed by atoms with Gasteiger partial charge in [-0.25, -0.2) is 4.98 Å². The Morgan fingerprint density at radius 3 is 2.57 bits per heavy atom. The molecule has 1 unspecified atom stereocenters. The number of pyridine rings is 1. The number of anilines is 2. The molecule has 7 nitrogen and oxygen atoms in total. The second-order valence-corrected chi connectivity index (χ2v) is 7.28. The molecule has 2 heterocycles. The number of nitrogens with one attached hydrogen (secondary N) is 2. The first-order valence-electron chi connectivity index (χ1n) is 9.31. The Balaban J connectivity index is 1.44. The molecule has 2 N–H and O–H groups in total. The van der Waals surface area contributed by atoms with Crippen LogP contribution < -0.4 is 15.4 Å². The van der Waals surface area contributed by atoms with Crippen LogP contribution in [-0.4, -0.2) is 21.1 Å². The van der Waals surface area contributed by atoms with Crippen LogP contribution in [0.15, 0.2) is 78.4 Å². The van der Waals surface area contributed by atoms with Gasteiger partial charge in [0.25, 0.3) is 5.91 Å². The lowest BCUT2D eigenvalue weighted by Crippen LogP contribution is -2.13. The molecule has 1 atom stereocenters. The Labute approximate surface area is 177 Å². The molecule has 150 valence electrons. The fourth-order valence-corrected chi connectivity index (χ4v) is 3.30. The highest BCUT2D eigenvalue weighted by Crippen LogP contribution is 2.31. The van der Waals surface area contributed by atoms with Crippen LogP contribution >= 0.6 is 11.3 Å². The highest BCUT2D eigenvalue weighted by atomic mass is 32.1. The van der Waals surface area contributed by atoms with E-state index in [1.807, 2.05) is 61.5 Å². The lowest BCUT2D eigenvalue weighted by Gasteiger charge is -2.19. The smallest absolute Gasteiger partial charge is 0.259 e. The molecule has 1 amide bonds. The van der Waals surface area contributed by atoms with Crippen molar-refractivity contribution in [3.05, 3.63) is 89.6 Å². The molecule has 4 rings (SSSR count). The van der Waals surface area contributed by atoms with Crippen molar-refractivity contribution in [2.45, 2.75) is 13.0 Å². The van der Waals surface area contributed by atoms with Crippen molar-refractivity contribution in [3.63, 3.8) is 0 Å². The SMILES string of the molecule is CC(Nc1ccc(C(=O)Nc2nncs2)cn1)c1ccccc1Oc1ccccc1. The number of carbonyl (C=O) groups is 1. The summed E-state index contributed by atoms with van der Waals surface area (Å²) >= 11 is 1.26. The number of para-hydroxylation sites is 2. The Bertz CT molecular complexity index is 1100. The van der Waals surface area contributed by atoms with E-state index in [0.717, 1.165) is 17.1 Å². The first kappa shape index (κ1) is 19.5. The summed E-state index contributed by atoms with van der Waals surface area (Å²) in [6.07, 6.45) is 1.53. The average Bonchev–Trinajstić information content (AvgIpc) is 3.28. The molecule has 0 saturated carbocycles. The van der Waals surface area contributed by atoms with Gasteiger partial charge in [0.1, 0.15) is 22.8 Å². The largest absolute Gasteiger partial charge is 0.457 e. The fraction of sp³-hybridized carbons (Fsp3) is 0.0909. The van der Waals surface area contributed by atoms with Crippen LogP contribution in [0.5, 0.6) is 11.5 Å². The number of carbonyl (C=O) groups excluding carboxylic acids is 1. The van der Waals surface area contributed by atoms with Crippen LogP contribution in [0.25, 0.3) is 0 Å². The second-order valence-electron chi connectivity index (χ2n) is 6.45. The molecule has 2 aromatic carbocycles. The Morgan fingerprint density at radius 2 is 1.83 bits per heavy atom. The fourth-order valence-electron chi connectivity index (χ4n) is 2.86. The van der Waals surface area contributed by atoms with Crippen LogP contribution in [-0.2, 0) is 0 Å². The summed E-state index contributed by atoms with van der Waals surface area (Å²) in [5, 5.41) is 14.0. The van der Waals surface area contributed by atoms with Crippen molar-refractivity contribution >= 4 is 28.2 Å². The van der Waals surface area contributed by atoms with E-state index in [1.165, 1.54) is 17.5 Å². The number of amides is 1. The number of hydrogen-bond acceptors (Lipinski definition) is 7. The molecular weight excluding hydrogens is 398 g/mol. The van der Waals surface area contributed by atoms with E-state index in [-0.39, 0.29) is 11.9 Å². The summed E-state index contributed by atoms with van der Waals surface area (Å²) in [6, 6.07) is 21.0. The van der Waals surface area contributed by atoms with Gasteiger partial charge in [-0.05, 0) is 37.3 Å². The lowest BCUT2D eigenvalue weighted by molar-refractivity contribution is 0.102. The maximum Gasteiger partial charge on any atom is 0.259 e. The van der Waals surface area contributed by atoms with E-state index < -0.39 is 0 Å². The summed E-state index contributed by atoms with van der Waals surface area (Å²) < 4.78 is 6.05. The van der Waals surface area contributed by atoms with Gasteiger partial charge in [-0.15, -0.1) is 10.2 Å². The quantitative estimate of drug-likeness (QED) is 0.432. The van der Waals surface area contributed by atoms with Gasteiger partial charge in [-0.3, -0.25) is 10.1 Å². The summed E-state index contributed by atoms with van der Waals surface area (Å²) in [7, 11) is 0. The predicted octanol–water partition coefficient (Wildman–Crippen LogP) is 5.15. The topological polar surface area (TPSA) is 89.0 Å². The van der Waals surface area contributed by atoms with Gasteiger partial charge in [0.2, 0.25) is 5.13 Å². The van der Waals surface area contributed by atoms with Crippen molar-refractivity contribution in [2.24, 2.45) is 0 Å². The average molecular weight is 417 g/mol. The molecule has 4 aromatic rings. The maximum absolute atomic E-state index is 12.2. The van der Waals surface area contributed by atoms with Gasteiger partial charge in [-0.1, -0.05) is 47.7 Å². The van der Waals surface area contributed by atoms with E-state index in [9.17, 15) is 4.79 Å². The summed E-state index contributed by atoms with van der Waals surface area (Å²) in [5.74, 6) is 1.93. The molecule has 0 aliphatic rings. The van der Waals surface area contributed by atoms with E-state index in [1.54, 1.807) is 17.6 Å². The molecule has 0 aliphatic carbocycles. The summed E-state index contributed by atoms with van der Waals surface area (Å²) in [5.41, 5.74) is 3.00. The Morgan fingerprint density at radius 1 is 1.03 bits per heavy atom. The van der Waals surface area contributed by atoms with Crippen molar-refractivity contribution < 1.29 is 9.53 Å². The molecule has 0 spiro atoms. The van der Waals surface area contributed by atoms with Crippen LogP contribution in [0, 0.1) is 0 Å². The molecule has 0 aliphatic heterocycles. The Kier molecular flexibility index (Phi) is 5.95. The minimum Gasteiger partial charge on any atom is -0.457 e. The first-order valence-corrected chi connectivity index (χ1v) is 10.2. The number of nitrogens with zero attached hydrogens (tertiary/aromatic N) is 3. The van der Waals surface area contributed by atoms with Crippen molar-refractivity contribution in [1.82, 2.24) is 15.2 Å². The minimum atomic E-state index is -0.277. The van der Waals surface area contributed by atoms with Gasteiger partial charge < -0.3 is 10.1 Å². The highest BCUT2D eigenvalue weighted by Gasteiger charge is 2.14. The minimum absolute atomic E-state index is 0.0570. The Hall–Kier alpha value is -3.78. The van der Waals surface area contributed by atoms with Crippen molar-refractivity contribution in [3.8, 4) is 11.5 Å². The molecule has 8 heteroatoms. The number of aromatic nitrogens is 3. The van der Waals surface area contributed by atoms with Gasteiger partial charge in [0.15, 0.2) is 0 Å². The van der Waals surface area contributed by atoms with E-state index in [4.69, 9.17) is 4.74 Å². The van der Waals surface area contributed by atoms with Crippen LogP contribution in [0.3, 0.4) is 0 Å². The lowest BCUT2D eigenvalue weighted by atomic mass is 10.1. The molecule has 2 aromatic heterocycles.